The lowest BCUT2D eigenvalue weighted by molar-refractivity contribution is 0.565. The molecule has 1 aromatic heterocycles. The summed E-state index contributed by atoms with van der Waals surface area (Å²) in [5.74, 6) is 2.61. The van der Waals surface area contributed by atoms with Gasteiger partial charge in [-0.3, -0.25) is 4.79 Å². The Morgan fingerprint density at radius 1 is 1.65 bits per heavy atom. The van der Waals surface area contributed by atoms with Crippen molar-refractivity contribution in [2.24, 2.45) is 0 Å². The predicted octanol–water partition coefficient (Wildman–Crippen LogP) is 2.24. The number of anilines is 1. The Morgan fingerprint density at radius 3 is 2.82 bits per heavy atom. The highest BCUT2D eigenvalue weighted by Crippen LogP contribution is 2.20. The lowest BCUT2D eigenvalue weighted by Crippen LogP contribution is -2.31. The smallest absolute Gasteiger partial charge is 0.283 e. The Bertz CT molecular complexity index is 499. The van der Waals surface area contributed by atoms with E-state index >= 15 is 0 Å². The zero-order valence-electron chi connectivity index (χ0n) is 10.2. The highest BCUT2D eigenvalue weighted by molar-refractivity contribution is 9.10. The molecule has 4 nitrogen and oxygen atoms in total. The normalized spacial score (nSPS) is 11.0. The lowest BCUT2D eigenvalue weighted by Gasteiger charge is -2.21. The Morgan fingerprint density at radius 2 is 2.29 bits per heavy atom. The number of rotatable bonds is 4. The first kappa shape index (κ1) is 13.8. The maximum atomic E-state index is 11.9. The fraction of sp³-hybridized carbons (Fsp3) is 0.500. The van der Waals surface area contributed by atoms with E-state index in [9.17, 15) is 4.79 Å². The molecule has 0 aromatic carbocycles. The fourth-order valence-corrected chi connectivity index (χ4v) is 1.70. The van der Waals surface area contributed by atoms with Crippen LogP contribution in [0.15, 0.2) is 15.5 Å². The van der Waals surface area contributed by atoms with Crippen molar-refractivity contribution in [3.05, 3.63) is 21.0 Å². The van der Waals surface area contributed by atoms with Gasteiger partial charge in [0.2, 0.25) is 0 Å². The first-order valence-corrected chi connectivity index (χ1v) is 6.22. The third-order valence-corrected chi connectivity index (χ3v) is 2.99. The molecule has 0 saturated heterocycles. The van der Waals surface area contributed by atoms with E-state index in [1.807, 2.05) is 20.8 Å². The van der Waals surface area contributed by atoms with Gasteiger partial charge in [-0.15, -0.1) is 6.42 Å². The summed E-state index contributed by atoms with van der Waals surface area (Å²) in [5.41, 5.74) is -0.0527. The molecule has 1 rings (SSSR count). The van der Waals surface area contributed by atoms with Crippen molar-refractivity contribution >= 4 is 21.6 Å². The molecular formula is C12H16BrN3O. The quantitative estimate of drug-likeness (QED) is 0.867. The summed E-state index contributed by atoms with van der Waals surface area (Å²) >= 11 is 3.28. The molecule has 0 atom stereocenters. The monoisotopic (exact) mass is 297 g/mol. The van der Waals surface area contributed by atoms with Crippen LogP contribution in [0.25, 0.3) is 0 Å². The molecule has 0 fully saturated rings. The van der Waals surface area contributed by atoms with Crippen molar-refractivity contribution in [1.29, 1.82) is 0 Å². The van der Waals surface area contributed by atoms with Gasteiger partial charge in [0.05, 0.1) is 17.4 Å². The molecule has 0 aliphatic heterocycles. The fourth-order valence-electron chi connectivity index (χ4n) is 1.30. The largest absolute Gasteiger partial charge is 0.367 e. The van der Waals surface area contributed by atoms with Crippen LogP contribution in [0.1, 0.15) is 27.2 Å². The van der Waals surface area contributed by atoms with Gasteiger partial charge >= 0.3 is 0 Å². The van der Waals surface area contributed by atoms with E-state index in [-0.39, 0.29) is 5.56 Å². The minimum Gasteiger partial charge on any atom is -0.367 e. The molecule has 0 unspecified atom stereocenters. The van der Waals surface area contributed by atoms with E-state index in [0.717, 1.165) is 6.42 Å². The molecule has 0 amide bonds. The summed E-state index contributed by atoms with van der Waals surface area (Å²) in [6.07, 6.45) is 7.86. The molecule has 0 radical (unpaired) electrons. The van der Waals surface area contributed by atoms with Crippen molar-refractivity contribution in [3.63, 3.8) is 0 Å². The van der Waals surface area contributed by atoms with Gasteiger partial charge in [-0.2, -0.15) is 5.10 Å². The number of aryl methyl sites for hydroxylation is 1. The summed E-state index contributed by atoms with van der Waals surface area (Å²) in [6.45, 7) is 6.32. The summed E-state index contributed by atoms with van der Waals surface area (Å²) in [5, 5.41) is 7.18. The topological polar surface area (TPSA) is 46.9 Å². The standard InChI is InChI=1S/C12H16BrN3O/c1-5-7-16-11(17)10(13)9(8-14-16)15-12(3,4)6-2/h2,8,15H,5,7H2,1,3-4H3. The van der Waals surface area contributed by atoms with Crippen molar-refractivity contribution in [3.8, 4) is 12.3 Å². The first-order valence-electron chi connectivity index (χ1n) is 5.43. The van der Waals surface area contributed by atoms with E-state index in [1.165, 1.54) is 4.68 Å². The molecule has 0 saturated carbocycles. The van der Waals surface area contributed by atoms with Gasteiger partial charge in [-0.25, -0.2) is 4.68 Å². The van der Waals surface area contributed by atoms with Crippen LogP contribution >= 0.6 is 15.9 Å². The van der Waals surface area contributed by atoms with Crippen LogP contribution in [-0.2, 0) is 6.54 Å². The summed E-state index contributed by atoms with van der Waals surface area (Å²) < 4.78 is 1.89. The van der Waals surface area contributed by atoms with Crippen LogP contribution < -0.4 is 10.9 Å². The number of hydrogen-bond acceptors (Lipinski definition) is 3. The zero-order chi connectivity index (χ0) is 13.1. The molecule has 5 heteroatoms. The van der Waals surface area contributed by atoms with Gasteiger partial charge in [-0.05, 0) is 36.2 Å². The molecule has 17 heavy (non-hydrogen) atoms. The highest BCUT2D eigenvalue weighted by atomic mass is 79.9. The molecule has 0 aliphatic carbocycles. The molecule has 0 spiro atoms. The van der Waals surface area contributed by atoms with Crippen LogP contribution in [0.2, 0.25) is 0 Å². The van der Waals surface area contributed by atoms with Crippen molar-refractivity contribution in [2.75, 3.05) is 5.32 Å². The van der Waals surface area contributed by atoms with Gasteiger partial charge in [-0.1, -0.05) is 12.8 Å². The Kier molecular flexibility index (Phi) is 4.35. The zero-order valence-corrected chi connectivity index (χ0v) is 11.8. The van der Waals surface area contributed by atoms with Gasteiger partial charge in [0.15, 0.2) is 0 Å². The van der Waals surface area contributed by atoms with Crippen molar-refractivity contribution < 1.29 is 0 Å². The third kappa shape index (κ3) is 3.34. The molecular weight excluding hydrogens is 282 g/mol. The maximum Gasteiger partial charge on any atom is 0.283 e. The molecule has 1 N–H and O–H groups in total. The van der Waals surface area contributed by atoms with Gasteiger partial charge in [0.25, 0.3) is 5.56 Å². The number of terminal acetylenes is 1. The number of aromatic nitrogens is 2. The van der Waals surface area contributed by atoms with Crippen LogP contribution in [0.5, 0.6) is 0 Å². The number of halogens is 1. The maximum absolute atomic E-state index is 11.9. The van der Waals surface area contributed by atoms with E-state index in [1.54, 1.807) is 6.20 Å². The number of nitrogens with zero attached hydrogens (tertiary/aromatic N) is 2. The second-order valence-electron chi connectivity index (χ2n) is 4.29. The van der Waals surface area contributed by atoms with E-state index in [0.29, 0.717) is 16.7 Å². The number of hydrogen-bond donors (Lipinski definition) is 1. The minimum absolute atomic E-state index is 0.148. The van der Waals surface area contributed by atoms with Gasteiger partial charge in [0, 0.05) is 6.54 Å². The molecule has 1 heterocycles. The highest BCUT2D eigenvalue weighted by Gasteiger charge is 2.17. The van der Waals surface area contributed by atoms with Crippen LogP contribution in [0.4, 0.5) is 5.69 Å². The average Bonchev–Trinajstić information content (AvgIpc) is 2.29. The molecule has 0 aliphatic rings. The van der Waals surface area contributed by atoms with E-state index in [2.05, 4.69) is 32.3 Å². The van der Waals surface area contributed by atoms with E-state index in [4.69, 9.17) is 6.42 Å². The van der Waals surface area contributed by atoms with Gasteiger partial charge in [0.1, 0.15) is 4.47 Å². The van der Waals surface area contributed by atoms with Gasteiger partial charge < -0.3 is 5.32 Å². The Labute approximate surface area is 110 Å². The summed E-state index contributed by atoms with van der Waals surface area (Å²) in [6, 6.07) is 0. The van der Waals surface area contributed by atoms with Crippen LogP contribution in [-0.4, -0.2) is 15.3 Å². The Balaban J connectivity index is 3.10. The molecule has 0 bridgehead atoms. The SMILES string of the molecule is C#CC(C)(C)Nc1cnn(CCC)c(=O)c1Br. The average molecular weight is 298 g/mol. The Hall–Kier alpha value is -1.28. The van der Waals surface area contributed by atoms with Crippen molar-refractivity contribution in [1.82, 2.24) is 9.78 Å². The first-order chi connectivity index (χ1) is 7.91. The second kappa shape index (κ2) is 5.37. The second-order valence-corrected chi connectivity index (χ2v) is 5.09. The van der Waals surface area contributed by atoms with Crippen LogP contribution in [0.3, 0.4) is 0 Å². The van der Waals surface area contributed by atoms with E-state index < -0.39 is 5.54 Å². The lowest BCUT2D eigenvalue weighted by atomic mass is 10.1. The third-order valence-electron chi connectivity index (χ3n) is 2.23. The molecule has 1 aromatic rings. The van der Waals surface area contributed by atoms with Crippen LogP contribution in [0, 0.1) is 12.3 Å². The minimum atomic E-state index is -0.520. The predicted molar refractivity (Wildman–Crippen MR) is 73.0 cm³/mol. The number of nitrogens with one attached hydrogen (secondary N) is 1. The molecule has 92 valence electrons. The summed E-state index contributed by atoms with van der Waals surface area (Å²) in [7, 11) is 0. The summed E-state index contributed by atoms with van der Waals surface area (Å²) in [4.78, 5) is 11.9. The van der Waals surface area contributed by atoms with Crippen molar-refractivity contribution in [2.45, 2.75) is 39.3 Å².